The normalized spacial score (nSPS) is 14.6. The molecule has 0 bridgehead atoms. The molecule has 10 heavy (non-hydrogen) atoms. The van der Waals surface area contributed by atoms with Gasteiger partial charge in [0.1, 0.15) is 0 Å². The van der Waals surface area contributed by atoms with E-state index in [1.165, 1.54) is 6.92 Å². The van der Waals surface area contributed by atoms with Gasteiger partial charge in [0.2, 0.25) is 0 Å². The van der Waals surface area contributed by atoms with Crippen molar-refractivity contribution in [2.45, 2.75) is 13.2 Å². The Morgan fingerprint density at radius 2 is 2.30 bits per heavy atom. The second-order valence-corrected chi connectivity index (χ2v) is 3.45. The van der Waals surface area contributed by atoms with Crippen LogP contribution in [0.15, 0.2) is 12.7 Å². The number of hydrogen-bond donors (Lipinski definition) is 1. The van der Waals surface area contributed by atoms with Crippen LogP contribution < -0.4 is 0 Å². The van der Waals surface area contributed by atoms with E-state index in [1.54, 1.807) is 0 Å². The maximum atomic E-state index is 10.5. The summed E-state index contributed by atoms with van der Waals surface area (Å²) in [4.78, 5) is 0. The average molecular weight is 166 g/mol. The third-order valence-corrected chi connectivity index (χ3v) is 2.00. The monoisotopic (exact) mass is 166 g/mol. The molecule has 0 spiro atoms. The molecule has 0 aliphatic rings. The number of hydrogen-bond acceptors (Lipinski definition) is 4. The van der Waals surface area contributed by atoms with E-state index in [4.69, 9.17) is 5.11 Å². The fourth-order valence-corrected chi connectivity index (χ4v) is 0.773. The molecule has 0 aliphatic heterocycles. The van der Waals surface area contributed by atoms with E-state index in [-0.39, 0.29) is 5.75 Å². The van der Waals surface area contributed by atoms with Crippen molar-refractivity contribution in [2.24, 2.45) is 0 Å². The maximum Gasteiger partial charge on any atom is 0.269 e. The van der Waals surface area contributed by atoms with Crippen LogP contribution in [0.4, 0.5) is 0 Å². The topological polar surface area (TPSA) is 63.6 Å². The summed E-state index contributed by atoms with van der Waals surface area (Å²) in [6, 6.07) is 0. The Labute approximate surface area is 60.3 Å². The van der Waals surface area contributed by atoms with Crippen molar-refractivity contribution in [1.29, 1.82) is 0 Å². The van der Waals surface area contributed by atoms with Crippen molar-refractivity contribution in [2.75, 3.05) is 5.75 Å². The van der Waals surface area contributed by atoms with E-state index in [9.17, 15) is 8.42 Å². The van der Waals surface area contributed by atoms with Crippen LogP contribution in [0.1, 0.15) is 6.92 Å². The lowest BCUT2D eigenvalue weighted by Gasteiger charge is -2.04. The molecule has 60 valence electrons. The molecule has 0 saturated carbocycles. The molecule has 0 aromatic carbocycles. The Morgan fingerprint density at radius 1 is 1.80 bits per heavy atom. The zero-order chi connectivity index (χ0) is 8.20. The fraction of sp³-hybridized carbons (Fsp3) is 0.600. The third kappa shape index (κ3) is 3.60. The van der Waals surface area contributed by atoms with Crippen molar-refractivity contribution in [3.05, 3.63) is 12.7 Å². The van der Waals surface area contributed by atoms with E-state index in [1.807, 2.05) is 0 Å². The standard InChI is InChI=1S/C5H10O4S/c1-3-5(6)9-10(7,8)4-2/h3,5-6H,1,4H2,2H3. The number of aliphatic hydroxyl groups excluding tert-OH is 1. The zero-order valence-corrected chi connectivity index (χ0v) is 6.47. The van der Waals surface area contributed by atoms with E-state index in [2.05, 4.69) is 10.8 Å². The van der Waals surface area contributed by atoms with Crippen LogP contribution in [0, 0.1) is 0 Å². The molecule has 0 rings (SSSR count). The Bertz CT molecular complexity index is 194. The maximum absolute atomic E-state index is 10.5. The highest BCUT2D eigenvalue weighted by Crippen LogP contribution is 1.97. The first-order valence-electron chi connectivity index (χ1n) is 2.73. The van der Waals surface area contributed by atoms with Gasteiger partial charge >= 0.3 is 0 Å². The van der Waals surface area contributed by atoms with E-state index < -0.39 is 16.4 Å². The third-order valence-electron chi connectivity index (χ3n) is 0.800. The molecule has 4 nitrogen and oxygen atoms in total. The van der Waals surface area contributed by atoms with E-state index >= 15 is 0 Å². The van der Waals surface area contributed by atoms with Crippen molar-refractivity contribution in [1.82, 2.24) is 0 Å². The molecule has 1 N–H and O–H groups in total. The SMILES string of the molecule is C=CC(O)OS(=O)(=O)CC. The average Bonchev–Trinajstić information content (AvgIpc) is 1.87. The van der Waals surface area contributed by atoms with Crippen molar-refractivity contribution in [3.8, 4) is 0 Å². The van der Waals surface area contributed by atoms with Crippen LogP contribution in [0.3, 0.4) is 0 Å². The minimum absolute atomic E-state index is 0.155. The smallest absolute Gasteiger partial charge is 0.269 e. The predicted octanol–water partition coefficient (Wildman–Crippen LogP) is -0.143. The molecular weight excluding hydrogens is 156 g/mol. The summed E-state index contributed by atoms with van der Waals surface area (Å²) in [5.74, 6) is -0.155. The molecule has 1 unspecified atom stereocenters. The van der Waals surface area contributed by atoms with E-state index in [0.717, 1.165) is 6.08 Å². The minimum Gasteiger partial charge on any atom is -0.364 e. The summed E-state index contributed by atoms with van der Waals surface area (Å²) in [7, 11) is -3.55. The van der Waals surface area contributed by atoms with Crippen LogP contribution in [0.2, 0.25) is 0 Å². The van der Waals surface area contributed by atoms with Gasteiger partial charge < -0.3 is 5.11 Å². The molecule has 0 aliphatic carbocycles. The van der Waals surface area contributed by atoms with Crippen LogP contribution in [-0.2, 0) is 14.3 Å². The first kappa shape index (κ1) is 9.61. The molecule has 0 heterocycles. The lowest BCUT2D eigenvalue weighted by atomic mass is 10.6. The van der Waals surface area contributed by atoms with Crippen LogP contribution in [0.5, 0.6) is 0 Å². The molecule has 0 amide bonds. The minimum atomic E-state index is -3.55. The molecule has 1 atom stereocenters. The number of aliphatic hydroxyl groups is 1. The van der Waals surface area contributed by atoms with Crippen LogP contribution >= 0.6 is 0 Å². The van der Waals surface area contributed by atoms with Gasteiger partial charge in [0.15, 0.2) is 6.29 Å². The van der Waals surface area contributed by atoms with Gasteiger partial charge in [0, 0.05) is 0 Å². The molecule has 0 saturated heterocycles. The molecule has 0 aromatic heterocycles. The van der Waals surface area contributed by atoms with Crippen molar-refractivity contribution in [3.63, 3.8) is 0 Å². The van der Waals surface area contributed by atoms with Gasteiger partial charge in [-0.2, -0.15) is 8.42 Å². The molecule has 5 heteroatoms. The lowest BCUT2D eigenvalue weighted by Crippen LogP contribution is -2.16. The second-order valence-electron chi connectivity index (χ2n) is 1.57. The molecular formula is C5H10O4S. The largest absolute Gasteiger partial charge is 0.364 e. The zero-order valence-electron chi connectivity index (χ0n) is 5.65. The van der Waals surface area contributed by atoms with Crippen molar-refractivity contribution < 1.29 is 17.7 Å². The highest BCUT2D eigenvalue weighted by atomic mass is 32.2. The van der Waals surface area contributed by atoms with Crippen LogP contribution in [0.25, 0.3) is 0 Å². The summed E-state index contributed by atoms with van der Waals surface area (Å²) in [5.41, 5.74) is 0. The summed E-state index contributed by atoms with van der Waals surface area (Å²) >= 11 is 0. The summed E-state index contributed by atoms with van der Waals surface area (Å²) in [6.07, 6.45) is -0.433. The number of rotatable bonds is 4. The molecule has 0 radical (unpaired) electrons. The van der Waals surface area contributed by atoms with Gasteiger partial charge in [-0.1, -0.05) is 6.58 Å². The van der Waals surface area contributed by atoms with Crippen LogP contribution in [-0.4, -0.2) is 25.6 Å². The Morgan fingerprint density at radius 3 is 2.60 bits per heavy atom. The van der Waals surface area contributed by atoms with Gasteiger partial charge in [-0.15, -0.1) is 0 Å². The second kappa shape index (κ2) is 3.70. The van der Waals surface area contributed by atoms with Gasteiger partial charge in [-0.25, -0.2) is 4.18 Å². The molecule has 0 fully saturated rings. The molecule has 0 aromatic rings. The van der Waals surface area contributed by atoms with Gasteiger partial charge in [-0.3, -0.25) is 0 Å². The summed E-state index contributed by atoms with van der Waals surface area (Å²) in [6.45, 7) is 4.56. The first-order chi connectivity index (χ1) is 4.52. The Balaban J connectivity index is 4.02. The quantitative estimate of drug-likeness (QED) is 0.358. The Kier molecular flexibility index (Phi) is 3.55. The predicted molar refractivity (Wildman–Crippen MR) is 36.7 cm³/mol. The first-order valence-corrected chi connectivity index (χ1v) is 4.31. The van der Waals surface area contributed by atoms with E-state index in [0.29, 0.717) is 0 Å². The summed E-state index contributed by atoms with van der Waals surface area (Å²) in [5, 5.41) is 8.61. The summed E-state index contributed by atoms with van der Waals surface area (Å²) < 4.78 is 25.2. The fourth-order valence-electron chi connectivity index (χ4n) is 0.258. The van der Waals surface area contributed by atoms with Gasteiger partial charge in [-0.05, 0) is 13.0 Å². The highest BCUT2D eigenvalue weighted by Gasteiger charge is 2.11. The van der Waals surface area contributed by atoms with Gasteiger partial charge in [0.05, 0.1) is 5.75 Å². The van der Waals surface area contributed by atoms with Crippen molar-refractivity contribution >= 4 is 10.1 Å². The highest BCUT2D eigenvalue weighted by molar-refractivity contribution is 7.86. The Hall–Kier alpha value is -0.390. The lowest BCUT2D eigenvalue weighted by molar-refractivity contribution is 0.0312. The van der Waals surface area contributed by atoms with Gasteiger partial charge in [0.25, 0.3) is 10.1 Å².